The van der Waals surface area contributed by atoms with Gasteiger partial charge in [0.1, 0.15) is 29.7 Å². The van der Waals surface area contributed by atoms with Crippen LogP contribution in [0.25, 0.3) is 6.08 Å². The summed E-state index contributed by atoms with van der Waals surface area (Å²) in [6.45, 7) is 0.409. The van der Waals surface area contributed by atoms with Crippen LogP contribution in [0.3, 0.4) is 0 Å². The van der Waals surface area contributed by atoms with Crippen LogP contribution in [-0.4, -0.2) is 13.0 Å². The van der Waals surface area contributed by atoms with Gasteiger partial charge in [0.25, 0.3) is 5.91 Å². The highest BCUT2D eigenvalue weighted by molar-refractivity contribution is 14.1. The SMILES string of the molecule is COc1ccc(NC(=O)/C(C#N)=C\c2cc(I)c(OCc3ccc(Cl)cc3)c(I)c2)cc1. The minimum Gasteiger partial charge on any atom is -0.497 e. The van der Waals surface area contributed by atoms with Crippen LogP contribution >= 0.6 is 56.8 Å². The highest BCUT2D eigenvalue weighted by Gasteiger charge is 2.13. The number of halogens is 3. The molecule has 0 heterocycles. The molecular formula is C24H17ClI2N2O3. The molecule has 3 rings (SSSR count). The molecule has 0 fully saturated rings. The first-order chi connectivity index (χ1) is 15.4. The molecule has 0 bridgehead atoms. The van der Waals surface area contributed by atoms with Crippen molar-refractivity contribution in [3.63, 3.8) is 0 Å². The van der Waals surface area contributed by atoms with E-state index in [0.717, 1.165) is 24.0 Å². The normalized spacial score (nSPS) is 10.9. The van der Waals surface area contributed by atoms with Crippen LogP contribution in [-0.2, 0) is 11.4 Å². The molecule has 8 heteroatoms. The van der Waals surface area contributed by atoms with E-state index >= 15 is 0 Å². The summed E-state index contributed by atoms with van der Waals surface area (Å²) < 4.78 is 12.9. The summed E-state index contributed by atoms with van der Waals surface area (Å²) in [7, 11) is 1.57. The van der Waals surface area contributed by atoms with Crippen molar-refractivity contribution in [1.29, 1.82) is 5.26 Å². The lowest BCUT2D eigenvalue weighted by Crippen LogP contribution is -2.13. The van der Waals surface area contributed by atoms with Crippen molar-refractivity contribution in [2.75, 3.05) is 12.4 Å². The van der Waals surface area contributed by atoms with Gasteiger partial charge in [-0.05, 0) is 111 Å². The topological polar surface area (TPSA) is 71.3 Å². The molecule has 0 aromatic heterocycles. The summed E-state index contributed by atoms with van der Waals surface area (Å²) in [5.74, 6) is 0.951. The standard InChI is InChI=1S/C24H17ClI2N2O3/c1-31-20-8-6-19(7-9-20)29-24(30)17(13-28)10-16-11-21(26)23(22(27)12-16)32-14-15-2-4-18(25)5-3-15/h2-12H,14H2,1H3,(H,29,30)/b17-10-. The quantitative estimate of drug-likeness (QED) is 0.173. The number of amides is 1. The largest absolute Gasteiger partial charge is 0.497 e. The maximum atomic E-state index is 12.6. The zero-order valence-electron chi connectivity index (χ0n) is 16.9. The summed E-state index contributed by atoms with van der Waals surface area (Å²) >= 11 is 10.3. The summed E-state index contributed by atoms with van der Waals surface area (Å²) in [5, 5.41) is 12.9. The Morgan fingerprint density at radius 2 is 1.72 bits per heavy atom. The Kier molecular flexibility index (Phi) is 8.78. The molecule has 0 spiro atoms. The van der Waals surface area contributed by atoms with Crippen LogP contribution in [0.4, 0.5) is 5.69 Å². The van der Waals surface area contributed by atoms with Crippen LogP contribution < -0.4 is 14.8 Å². The molecule has 0 unspecified atom stereocenters. The van der Waals surface area contributed by atoms with Gasteiger partial charge in [-0.2, -0.15) is 5.26 Å². The van der Waals surface area contributed by atoms with Gasteiger partial charge >= 0.3 is 0 Å². The number of nitrogens with zero attached hydrogens (tertiary/aromatic N) is 1. The van der Waals surface area contributed by atoms with E-state index in [0.29, 0.717) is 23.1 Å². The van der Waals surface area contributed by atoms with Gasteiger partial charge in [-0.25, -0.2) is 0 Å². The highest BCUT2D eigenvalue weighted by Crippen LogP contribution is 2.30. The fourth-order valence-corrected chi connectivity index (χ4v) is 4.98. The van der Waals surface area contributed by atoms with E-state index in [-0.39, 0.29) is 5.57 Å². The number of benzene rings is 3. The van der Waals surface area contributed by atoms with Crippen molar-refractivity contribution in [2.45, 2.75) is 6.61 Å². The van der Waals surface area contributed by atoms with E-state index in [1.54, 1.807) is 37.5 Å². The number of hydrogen-bond donors (Lipinski definition) is 1. The molecule has 0 saturated heterocycles. The number of ether oxygens (including phenoxy) is 2. The molecule has 3 aromatic carbocycles. The number of nitriles is 1. The average Bonchev–Trinajstić information content (AvgIpc) is 2.78. The number of rotatable bonds is 7. The van der Waals surface area contributed by atoms with Crippen molar-refractivity contribution < 1.29 is 14.3 Å². The molecular weight excluding hydrogens is 654 g/mol. The lowest BCUT2D eigenvalue weighted by atomic mass is 10.1. The predicted molar refractivity (Wildman–Crippen MR) is 143 cm³/mol. The minimum atomic E-state index is -0.481. The third-order valence-corrected chi connectivity index (χ3v) is 6.20. The molecule has 0 aliphatic carbocycles. The van der Waals surface area contributed by atoms with Crippen molar-refractivity contribution in [3.8, 4) is 17.6 Å². The van der Waals surface area contributed by atoms with Gasteiger partial charge < -0.3 is 14.8 Å². The number of carbonyl (C=O) groups is 1. The number of methoxy groups -OCH3 is 1. The van der Waals surface area contributed by atoms with E-state index in [4.69, 9.17) is 21.1 Å². The van der Waals surface area contributed by atoms with Gasteiger partial charge in [-0.1, -0.05) is 23.7 Å². The van der Waals surface area contributed by atoms with Crippen LogP contribution in [0.15, 0.2) is 66.2 Å². The molecule has 0 aliphatic rings. The van der Waals surface area contributed by atoms with Crippen molar-refractivity contribution >= 4 is 74.5 Å². The first-order valence-corrected chi connectivity index (χ1v) is 11.9. The third-order valence-electron chi connectivity index (χ3n) is 4.34. The lowest BCUT2D eigenvalue weighted by molar-refractivity contribution is -0.112. The number of carbonyl (C=O) groups excluding carboxylic acids is 1. The van der Waals surface area contributed by atoms with Crippen molar-refractivity contribution in [3.05, 3.63) is 89.5 Å². The Morgan fingerprint density at radius 3 is 2.28 bits per heavy atom. The first kappa shape index (κ1) is 24.4. The second kappa shape index (κ2) is 11.5. The van der Waals surface area contributed by atoms with Crippen LogP contribution in [0.1, 0.15) is 11.1 Å². The van der Waals surface area contributed by atoms with Crippen LogP contribution in [0.2, 0.25) is 5.02 Å². The predicted octanol–water partition coefficient (Wildman–Crippen LogP) is 6.68. The molecule has 0 atom stereocenters. The molecule has 0 saturated carbocycles. The molecule has 5 nitrogen and oxygen atoms in total. The van der Waals surface area contributed by atoms with Crippen molar-refractivity contribution in [1.82, 2.24) is 0 Å². The Bertz CT molecular complexity index is 1160. The van der Waals surface area contributed by atoms with Gasteiger partial charge in [0, 0.05) is 10.7 Å². The second-order valence-corrected chi connectivity index (χ2v) is 9.34. The van der Waals surface area contributed by atoms with E-state index < -0.39 is 5.91 Å². The molecule has 162 valence electrons. The van der Waals surface area contributed by atoms with E-state index in [1.165, 1.54) is 0 Å². The molecule has 1 N–H and O–H groups in total. The average molecular weight is 671 g/mol. The molecule has 3 aromatic rings. The Morgan fingerprint density at radius 1 is 1.09 bits per heavy atom. The van der Waals surface area contributed by atoms with Crippen molar-refractivity contribution in [2.24, 2.45) is 0 Å². The molecule has 0 aliphatic heterocycles. The van der Waals surface area contributed by atoms with E-state index in [1.807, 2.05) is 42.5 Å². The maximum Gasteiger partial charge on any atom is 0.266 e. The van der Waals surface area contributed by atoms with E-state index in [9.17, 15) is 10.1 Å². The summed E-state index contributed by atoms with van der Waals surface area (Å²) in [4.78, 5) is 12.6. The summed E-state index contributed by atoms with van der Waals surface area (Å²) in [6, 6.07) is 20.1. The lowest BCUT2D eigenvalue weighted by Gasteiger charge is -2.12. The Balaban J connectivity index is 1.74. The fraction of sp³-hybridized carbons (Fsp3) is 0.0833. The monoisotopic (exact) mass is 670 g/mol. The maximum absolute atomic E-state index is 12.6. The Labute approximate surface area is 218 Å². The third kappa shape index (κ3) is 6.60. The van der Waals surface area contributed by atoms with Gasteiger partial charge in [0.15, 0.2) is 0 Å². The molecule has 32 heavy (non-hydrogen) atoms. The fourth-order valence-electron chi connectivity index (χ4n) is 2.72. The summed E-state index contributed by atoms with van der Waals surface area (Å²) in [5.41, 5.74) is 2.32. The van der Waals surface area contributed by atoms with Gasteiger partial charge in [0.2, 0.25) is 0 Å². The summed E-state index contributed by atoms with van der Waals surface area (Å²) in [6.07, 6.45) is 1.56. The zero-order valence-corrected chi connectivity index (χ0v) is 21.9. The first-order valence-electron chi connectivity index (χ1n) is 9.33. The zero-order chi connectivity index (χ0) is 23.1. The van der Waals surface area contributed by atoms with Gasteiger partial charge in [-0.3, -0.25) is 4.79 Å². The van der Waals surface area contributed by atoms with Gasteiger partial charge in [0.05, 0.1) is 14.3 Å². The number of nitrogens with one attached hydrogen (secondary N) is 1. The van der Waals surface area contributed by atoms with Crippen LogP contribution in [0, 0.1) is 18.5 Å². The number of anilines is 1. The molecule has 0 radical (unpaired) electrons. The minimum absolute atomic E-state index is 0.00208. The van der Waals surface area contributed by atoms with Crippen LogP contribution in [0.5, 0.6) is 11.5 Å². The highest BCUT2D eigenvalue weighted by atomic mass is 127. The number of hydrogen-bond acceptors (Lipinski definition) is 4. The van der Waals surface area contributed by atoms with E-state index in [2.05, 4.69) is 50.5 Å². The smallest absolute Gasteiger partial charge is 0.266 e. The molecule has 1 amide bonds. The second-order valence-electron chi connectivity index (χ2n) is 6.58. The van der Waals surface area contributed by atoms with Gasteiger partial charge in [-0.15, -0.1) is 0 Å². The Hall–Kier alpha value is -2.29.